The number of ketones is 1. The molecule has 1 fully saturated rings. The summed E-state index contributed by atoms with van der Waals surface area (Å²) in [4.78, 5) is 37.7. The normalized spacial score (nSPS) is 19.3. The molecule has 0 radical (unpaired) electrons. The first-order valence-electron chi connectivity index (χ1n) is 12.1. The Balaban J connectivity index is 1.63. The maximum atomic E-state index is 13.5. The number of primary amides is 1. The SMILES string of the molecule is CC(CN)CC(C(=O)[C@H](CC(N)=O)NC(=O)OCc1ccccc1)C1OC1CCc1ccccc1. The Morgan fingerprint density at radius 3 is 2.26 bits per heavy atom. The molecule has 2 aromatic rings. The minimum Gasteiger partial charge on any atom is -0.445 e. The van der Waals surface area contributed by atoms with E-state index < -0.39 is 24.0 Å². The van der Waals surface area contributed by atoms with Crippen LogP contribution in [-0.2, 0) is 32.1 Å². The van der Waals surface area contributed by atoms with Crippen molar-refractivity contribution >= 4 is 17.8 Å². The summed E-state index contributed by atoms with van der Waals surface area (Å²) in [7, 11) is 0. The third-order valence-electron chi connectivity index (χ3n) is 6.26. The summed E-state index contributed by atoms with van der Waals surface area (Å²) < 4.78 is 11.2. The van der Waals surface area contributed by atoms with Gasteiger partial charge in [0.05, 0.1) is 24.7 Å². The van der Waals surface area contributed by atoms with E-state index in [1.807, 2.05) is 55.5 Å². The lowest BCUT2D eigenvalue weighted by atomic mass is 9.84. The summed E-state index contributed by atoms with van der Waals surface area (Å²) in [6.45, 7) is 2.43. The van der Waals surface area contributed by atoms with Gasteiger partial charge in [-0.2, -0.15) is 0 Å². The number of carbonyl (C=O) groups excluding carboxylic acids is 3. The number of carbonyl (C=O) groups is 3. The van der Waals surface area contributed by atoms with Crippen molar-refractivity contribution < 1.29 is 23.9 Å². The van der Waals surface area contributed by atoms with Crippen molar-refractivity contribution in [1.82, 2.24) is 5.32 Å². The number of ether oxygens (including phenoxy) is 2. The molecule has 2 amide bonds. The van der Waals surface area contributed by atoms with Crippen LogP contribution in [0.25, 0.3) is 0 Å². The average Bonchev–Trinajstić information content (AvgIpc) is 3.64. The Kier molecular flexibility index (Phi) is 9.81. The maximum Gasteiger partial charge on any atom is 0.408 e. The van der Waals surface area contributed by atoms with Gasteiger partial charge in [-0.15, -0.1) is 0 Å². The highest BCUT2D eigenvalue weighted by Crippen LogP contribution is 2.37. The molecule has 1 saturated heterocycles. The van der Waals surface area contributed by atoms with Crippen LogP contribution in [0.15, 0.2) is 60.7 Å². The van der Waals surface area contributed by atoms with Gasteiger partial charge in [-0.1, -0.05) is 67.6 Å². The van der Waals surface area contributed by atoms with E-state index in [4.69, 9.17) is 20.9 Å². The molecular weight excluding hydrogens is 446 g/mol. The number of amides is 2. The zero-order chi connectivity index (χ0) is 25.2. The highest BCUT2D eigenvalue weighted by molar-refractivity contribution is 5.93. The summed E-state index contributed by atoms with van der Waals surface area (Å²) in [6, 6.07) is 18.2. The topological polar surface area (TPSA) is 137 Å². The van der Waals surface area contributed by atoms with Gasteiger partial charge in [0.2, 0.25) is 5.91 Å². The molecule has 0 spiro atoms. The second-order valence-corrected chi connectivity index (χ2v) is 9.18. The van der Waals surface area contributed by atoms with Crippen LogP contribution >= 0.6 is 0 Å². The van der Waals surface area contributed by atoms with Crippen molar-refractivity contribution in [3.05, 3.63) is 71.8 Å². The van der Waals surface area contributed by atoms with E-state index in [1.165, 1.54) is 5.56 Å². The third-order valence-corrected chi connectivity index (χ3v) is 6.26. The number of epoxide rings is 1. The van der Waals surface area contributed by atoms with Gasteiger partial charge < -0.3 is 26.3 Å². The number of Topliss-reactive ketones (excluding diaryl/α,β-unsaturated/α-hetero) is 1. The molecule has 8 heteroatoms. The first-order chi connectivity index (χ1) is 16.9. The zero-order valence-electron chi connectivity index (χ0n) is 20.1. The fourth-order valence-electron chi connectivity index (χ4n) is 4.23. The van der Waals surface area contributed by atoms with E-state index in [2.05, 4.69) is 17.4 Å². The molecule has 0 aliphatic carbocycles. The number of nitrogens with two attached hydrogens (primary N) is 2. The largest absolute Gasteiger partial charge is 0.445 e. The van der Waals surface area contributed by atoms with Crippen LogP contribution in [0.3, 0.4) is 0 Å². The second-order valence-electron chi connectivity index (χ2n) is 9.18. The Morgan fingerprint density at radius 1 is 1.03 bits per heavy atom. The molecule has 8 nitrogen and oxygen atoms in total. The molecule has 0 aromatic heterocycles. The predicted octanol–water partition coefficient (Wildman–Crippen LogP) is 2.73. The van der Waals surface area contributed by atoms with Gasteiger partial charge in [-0.05, 0) is 42.9 Å². The Morgan fingerprint density at radius 2 is 1.66 bits per heavy atom. The molecule has 1 aliphatic rings. The fourth-order valence-corrected chi connectivity index (χ4v) is 4.23. The summed E-state index contributed by atoms with van der Waals surface area (Å²) in [6.07, 6.45) is 0.682. The van der Waals surface area contributed by atoms with Crippen LogP contribution in [-0.4, -0.2) is 42.6 Å². The van der Waals surface area contributed by atoms with Gasteiger partial charge in [0.25, 0.3) is 0 Å². The van der Waals surface area contributed by atoms with Gasteiger partial charge >= 0.3 is 6.09 Å². The number of benzene rings is 2. The van der Waals surface area contributed by atoms with Crippen molar-refractivity contribution in [2.45, 2.75) is 57.5 Å². The van der Waals surface area contributed by atoms with Crippen molar-refractivity contribution in [2.24, 2.45) is 23.3 Å². The molecule has 1 aliphatic heterocycles. The molecule has 0 saturated carbocycles. The van der Waals surface area contributed by atoms with Crippen LogP contribution in [0.1, 0.15) is 37.3 Å². The van der Waals surface area contributed by atoms with Gasteiger partial charge in [0, 0.05) is 5.92 Å². The Hall–Kier alpha value is -3.23. The molecule has 0 bridgehead atoms. The summed E-state index contributed by atoms with van der Waals surface area (Å²) in [5, 5.41) is 2.55. The van der Waals surface area contributed by atoms with Crippen molar-refractivity contribution in [3.63, 3.8) is 0 Å². The average molecular weight is 482 g/mol. The van der Waals surface area contributed by atoms with Crippen LogP contribution in [0.4, 0.5) is 4.79 Å². The molecule has 35 heavy (non-hydrogen) atoms. The number of nitrogens with one attached hydrogen (secondary N) is 1. The molecule has 5 N–H and O–H groups in total. The number of aryl methyl sites for hydroxylation is 1. The molecule has 2 aromatic carbocycles. The number of alkyl carbamates (subject to hydrolysis) is 1. The van der Waals surface area contributed by atoms with E-state index in [1.54, 1.807) is 0 Å². The van der Waals surface area contributed by atoms with E-state index in [0.717, 1.165) is 18.4 Å². The molecule has 3 rings (SSSR count). The van der Waals surface area contributed by atoms with Crippen molar-refractivity contribution in [3.8, 4) is 0 Å². The molecule has 4 unspecified atom stereocenters. The first-order valence-corrected chi connectivity index (χ1v) is 12.1. The van der Waals surface area contributed by atoms with Gasteiger partial charge in [0.1, 0.15) is 6.61 Å². The zero-order valence-corrected chi connectivity index (χ0v) is 20.1. The monoisotopic (exact) mass is 481 g/mol. The standard InChI is InChI=1S/C27H35N3O5/c1-18(16-28)14-21(26-23(35-26)13-12-19-8-4-2-5-9-19)25(32)22(15-24(29)31)30-27(33)34-17-20-10-6-3-7-11-20/h2-11,18,21-23,26H,12-17,28H2,1H3,(H2,29,31)(H,30,33)/t18?,21?,22-,23?,26?/m0/s1. The van der Waals surface area contributed by atoms with Crippen LogP contribution < -0.4 is 16.8 Å². The first kappa shape index (κ1) is 26.4. The van der Waals surface area contributed by atoms with Gasteiger partial charge in [0.15, 0.2) is 5.78 Å². The Bertz CT molecular complexity index is 969. The summed E-state index contributed by atoms with van der Waals surface area (Å²) in [5.41, 5.74) is 13.2. The third kappa shape index (κ3) is 8.49. The predicted molar refractivity (Wildman–Crippen MR) is 132 cm³/mol. The van der Waals surface area contributed by atoms with Crippen LogP contribution in [0.5, 0.6) is 0 Å². The van der Waals surface area contributed by atoms with E-state index in [9.17, 15) is 14.4 Å². The number of hydrogen-bond donors (Lipinski definition) is 3. The summed E-state index contributed by atoms with van der Waals surface area (Å²) in [5.74, 6) is -1.40. The Labute approximate surface area is 206 Å². The van der Waals surface area contributed by atoms with Crippen molar-refractivity contribution in [2.75, 3.05) is 6.54 Å². The molecule has 188 valence electrons. The lowest BCUT2D eigenvalue weighted by molar-refractivity contribution is -0.129. The quantitative estimate of drug-likeness (QED) is 0.355. The van der Waals surface area contributed by atoms with Crippen LogP contribution in [0, 0.1) is 11.8 Å². The van der Waals surface area contributed by atoms with Crippen molar-refractivity contribution in [1.29, 1.82) is 0 Å². The van der Waals surface area contributed by atoms with E-state index in [-0.39, 0.29) is 36.9 Å². The lowest BCUT2D eigenvalue weighted by Crippen LogP contribution is -2.47. The van der Waals surface area contributed by atoms with Crippen LogP contribution in [0.2, 0.25) is 0 Å². The van der Waals surface area contributed by atoms with E-state index in [0.29, 0.717) is 13.0 Å². The van der Waals surface area contributed by atoms with E-state index >= 15 is 0 Å². The highest BCUT2D eigenvalue weighted by atomic mass is 16.6. The maximum absolute atomic E-state index is 13.5. The van der Waals surface area contributed by atoms with Gasteiger partial charge in [-0.3, -0.25) is 9.59 Å². The number of rotatable bonds is 14. The molecular formula is C27H35N3O5. The highest BCUT2D eigenvalue weighted by Gasteiger charge is 2.49. The van der Waals surface area contributed by atoms with Gasteiger partial charge in [-0.25, -0.2) is 4.79 Å². The fraction of sp³-hybridized carbons (Fsp3) is 0.444. The minimum atomic E-state index is -1.09. The molecule has 5 atom stereocenters. The smallest absolute Gasteiger partial charge is 0.408 e. The minimum absolute atomic E-state index is 0.0467. The lowest BCUT2D eigenvalue weighted by Gasteiger charge is -2.23. The number of hydrogen-bond acceptors (Lipinski definition) is 6. The second kappa shape index (κ2) is 13.0. The summed E-state index contributed by atoms with van der Waals surface area (Å²) >= 11 is 0. The molecule has 1 heterocycles.